The number of ether oxygens (including phenoxy) is 2. The van der Waals surface area contributed by atoms with Crippen molar-refractivity contribution < 1.29 is 53.4 Å². The van der Waals surface area contributed by atoms with Crippen molar-refractivity contribution in [3.8, 4) is 5.75 Å². The largest absolute Gasteiger partial charge is 1.00 e. The van der Waals surface area contributed by atoms with E-state index in [4.69, 9.17) is 9.47 Å². The van der Waals surface area contributed by atoms with Crippen LogP contribution in [0.5, 0.6) is 5.75 Å². The molecule has 1 atom stereocenters. The molecule has 25 heavy (non-hydrogen) atoms. The van der Waals surface area contributed by atoms with Crippen LogP contribution in [0.1, 0.15) is 49.4 Å². The average molecular weight is 382 g/mol. The summed E-state index contributed by atoms with van der Waals surface area (Å²) in [5.41, 5.74) is -1.06. The summed E-state index contributed by atoms with van der Waals surface area (Å²) in [5, 5.41) is 0. The van der Waals surface area contributed by atoms with Gasteiger partial charge in [-0.05, 0) is 30.9 Å². The summed E-state index contributed by atoms with van der Waals surface area (Å²) in [7, 11) is -4.57. The topological polar surface area (TPSA) is 72.8 Å². The molecular formula is C18H31NaO5S. The Labute approximate surface area is 176 Å². The van der Waals surface area contributed by atoms with E-state index in [0.29, 0.717) is 18.8 Å². The minimum absolute atomic E-state index is 0. The van der Waals surface area contributed by atoms with Crippen LogP contribution in [0.25, 0.3) is 0 Å². The molecule has 0 aliphatic rings. The van der Waals surface area contributed by atoms with Crippen molar-refractivity contribution in [2.24, 2.45) is 10.8 Å². The maximum Gasteiger partial charge on any atom is 1.00 e. The maximum absolute atomic E-state index is 12.4. The predicted molar refractivity (Wildman–Crippen MR) is 96.8 cm³/mol. The van der Waals surface area contributed by atoms with Crippen molar-refractivity contribution in [1.29, 1.82) is 0 Å². The summed E-state index contributed by atoms with van der Waals surface area (Å²) in [6.07, 6.45) is 0.514. The zero-order valence-corrected chi connectivity index (χ0v) is 19.3. The smallest absolute Gasteiger partial charge is 1.00 e. The van der Waals surface area contributed by atoms with Crippen LogP contribution >= 0.6 is 0 Å². The molecule has 7 heteroatoms. The summed E-state index contributed by atoms with van der Waals surface area (Å²) < 4.78 is 46.4. The fraction of sp³-hybridized carbons (Fsp3) is 0.667. The van der Waals surface area contributed by atoms with E-state index in [1.54, 1.807) is 45.0 Å². The van der Waals surface area contributed by atoms with E-state index in [1.165, 1.54) is 0 Å². The van der Waals surface area contributed by atoms with Gasteiger partial charge in [0, 0.05) is 12.0 Å². The van der Waals surface area contributed by atoms with Crippen molar-refractivity contribution in [2.75, 3.05) is 13.2 Å². The van der Waals surface area contributed by atoms with E-state index in [0.717, 1.165) is 0 Å². The molecule has 0 saturated heterocycles. The van der Waals surface area contributed by atoms with Crippen molar-refractivity contribution in [3.63, 3.8) is 0 Å². The average Bonchev–Trinajstić information content (AvgIpc) is 2.40. The standard InChI is InChI=1S/C18H30O5S.Na.H/c1-7-22-14-18(24(19,20)21,17(5,6)13-16(2,3)4)23-15-11-9-8-10-12-15;;/h8-12H,7,13-14H2,1-6H3,(H,19,20,21);;/q;+1;-1. The maximum atomic E-state index is 12.4. The molecule has 0 heterocycles. The van der Waals surface area contributed by atoms with E-state index in [9.17, 15) is 13.0 Å². The van der Waals surface area contributed by atoms with Gasteiger partial charge in [-0.15, -0.1) is 0 Å². The first-order valence-electron chi connectivity index (χ1n) is 8.13. The molecule has 1 rings (SSSR count). The summed E-state index contributed by atoms with van der Waals surface area (Å²) >= 11 is 0. The third kappa shape index (κ3) is 6.52. The Kier molecular flexibility index (Phi) is 9.16. The van der Waals surface area contributed by atoms with Crippen molar-refractivity contribution in [3.05, 3.63) is 30.3 Å². The Bertz CT molecular complexity index is 629. The van der Waals surface area contributed by atoms with Crippen LogP contribution in [0, 0.1) is 10.8 Å². The quantitative estimate of drug-likeness (QED) is 0.541. The molecule has 0 amide bonds. The molecule has 0 spiro atoms. The van der Waals surface area contributed by atoms with Gasteiger partial charge in [0.15, 0.2) is 0 Å². The van der Waals surface area contributed by atoms with Gasteiger partial charge < -0.3 is 10.9 Å². The molecule has 0 bridgehead atoms. The molecule has 1 unspecified atom stereocenters. The summed E-state index contributed by atoms with van der Waals surface area (Å²) in [6, 6.07) is 8.64. The van der Waals surface area contributed by atoms with Crippen LogP contribution in [0.2, 0.25) is 0 Å². The third-order valence-corrected chi connectivity index (χ3v) is 5.53. The normalized spacial score (nSPS) is 15.2. The van der Waals surface area contributed by atoms with Crippen molar-refractivity contribution >= 4 is 10.1 Å². The zero-order valence-electron chi connectivity index (χ0n) is 17.5. The van der Waals surface area contributed by atoms with Gasteiger partial charge >= 0.3 is 39.7 Å². The Morgan fingerprint density at radius 3 is 2.00 bits per heavy atom. The van der Waals surface area contributed by atoms with Crippen molar-refractivity contribution in [1.82, 2.24) is 0 Å². The van der Waals surface area contributed by atoms with Crippen LogP contribution < -0.4 is 34.3 Å². The van der Waals surface area contributed by atoms with Crippen molar-refractivity contribution in [2.45, 2.75) is 52.9 Å². The molecule has 0 saturated carbocycles. The van der Waals surface area contributed by atoms with Gasteiger partial charge in [-0.25, -0.2) is 0 Å². The summed E-state index contributed by atoms with van der Waals surface area (Å²) in [6.45, 7) is 11.5. The summed E-state index contributed by atoms with van der Waals surface area (Å²) in [4.78, 5) is -1.90. The van der Waals surface area contributed by atoms with E-state index >= 15 is 0 Å². The molecule has 0 aliphatic heterocycles. The molecule has 0 radical (unpaired) electrons. The monoisotopic (exact) mass is 382 g/mol. The number of benzene rings is 1. The Morgan fingerprint density at radius 2 is 1.60 bits per heavy atom. The fourth-order valence-electron chi connectivity index (χ4n) is 3.22. The molecule has 0 aromatic heterocycles. The summed E-state index contributed by atoms with van der Waals surface area (Å²) in [5.74, 6) is 0.372. The first-order chi connectivity index (χ1) is 10.8. The second-order valence-corrected chi connectivity index (χ2v) is 9.51. The van der Waals surface area contributed by atoms with Gasteiger partial charge in [0.1, 0.15) is 12.4 Å². The van der Waals surface area contributed by atoms with E-state index in [2.05, 4.69) is 0 Å². The molecule has 5 nitrogen and oxygen atoms in total. The number of para-hydroxylation sites is 1. The van der Waals surface area contributed by atoms with Crippen LogP contribution in [-0.4, -0.2) is 31.1 Å². The predicted octanol–water partition coefficient (Wildman–Crippen LogP) is 1.26. The van der Waals surface area contributed by atoms with Gasteiger partial charge in [0.2, 0.25) is 0 Å². The van der Waals surface area contributed by atoms with Crippen LogP contribution in [0.3, 0.4) is 0 Å². The number of hydrogen-bond acceptors (Lipinski definition) is 4. The second-order valence-electron chi connectivity index (χ2n) is 7.90. The van der Waals surface area contributed by atoms with Gasteiger partial charge in [-0.3, -0.25) is 4.55 Å². The minimum atomic E-state index is -4.57. The molecule has 140 valence electrons. The van der Waals surface area contributed by atoms with Crippen LogP contribution in [-0.2, 0) is 14.9 Å². The Hall–Kier alpha value is -0.110. The van der Waals surface area contributed by atoms with Crippen LogP contribution in [0.4, 0.5) is 0 Å². The number of hydrogen-bond donors (Lipinski definition) is 1. The first-order valence-corrected chi connectivity index (χ1v) is 9.57. The minimum Gasteiger partial charge on any atom is -1.00 e. The Balaban J connectivity index is 0. The molecule has 1 aromatic carbocycles. The SMILES string of the molecule is CCOCC(Oc1ccccc1)(C(C)(C)CC(C)(C)C)S(=O)(=O)O.[H-].[Na+]. The Morgan fingerprint density at radius 1 is 1.08 bits per heavy atom. The molecule has 1 aromatic rings. The molecular weight excluding hydrogens is 351 g/mol. The third-order valence-electron chi connectivity index (χ3n) is 3.94. The van der Waals surface area contributed by atoms with Gasteiger partial charge in [-0.2, -0.15) is 8.42 Å². The first kappa shape index (κ1) is 24.9. The van der Waals surface area contributed by atoms with E-state index < -0.39 is 20.5 Å². The molecule has 1 N–H and O–H groups in total. The molecule has 0 fully saturated rings. The number of rotatable bonds is 8. The van der Waals surface area contributed by atoms with E-state index in [-0.39, 0.29) is 43.0 Å². The van der Waals surface area contributed by atoms with Gasteiger partial charge in [0.05, 0.1) is 0 Å². The fourth-order valence-corrected chi connectivity index (χ4v) is 4.42. The second kappa shape index (κ2) is 9.20. The van der Waals surface area contributed by atoms with E-state index in [1.807, 2.05) is 26.8 Å². The van der Waals surface area contributed by atoms with Gasteiger partial charge in [0.25, 0.3) is 4.93 Å². The van der Waals surface area contributed by atoms with Crippen LogP contribution in [0.15, 0.2) is 30.3 Å². The zero-order chi connectivity index (χ0) is 18.6. The van der Waals surface area contributed by atoms with Gasteiger partial charge in [-0.1, -0.05) is 52.8 Å². The molecule has 0 aliphatic carbocycles.